The van der Waals surface area contributed by atoms with Crippen molar-refractivity contribution in [3.63, 3.8) is 0 Å². The highest BCUT2D eigenvalue weighted by atomic mass is 19.3. The third-order valence-corrected chi connectivity index (χ3v) is 2.04. The van der Waals surface area contributed by atoms with E-state index in [1.807, 2.05) is 0 Å². The van der Waals surface area contributed by atoms with Gasteiger partial charge in [-0.25, -0.2) is 8.78 Å². The zero-order valence-electron chi connectivity index (χ0n) is 7.79. The van der Waals surface area contributed by atoms with E-state index in [2.05, 4.69) is 6.58 Å². The van der Waals surface area contributed by atoms with Crippen molar-refractivity contribution < 1.29 is 8.78 Å². The van der Waals surface area contributed by atoms with Gasteiger partial charge in [0.15, 0.2) is 0 Å². The summed E-state index contributed by atoms with van der Waals surface area (Å²) >= 11 is 0. The van der Waals surface area contributed by atoms with E-state index < -0.39 is 6.43 Å². The van der Waals surface area contributed by atoms with Crippen LogP contribution in [-0.4, -0.2) is 0 Å². The van der Waals surface area contributed by atoms with Gasteiger partial charge in [-0.2, -0.15) is 0 Å². The molecule has 1 aromatic carbocycles. The number of hydrogen-bond donors (Lipinski definition) is 1. The summed E-state index contributed by atoms with van der Waals surface area (Å²) in [7, 11) is 0. The summed E-state index contributed by atoms with van der Waals surface area (Å²) < 4.78 is 24.4. The average molecular weight is 197 g/mol. The minimum Gasteiger partial charge on any atom is -0.324 e. The number of benzene rings is 1. The molecule has 0 saturated carbocycles. The Bertz CT molecular complexity index is 293. The fourth-order valence-corrected chi connectivity index (χ4v) is 1.20. The van der Waals surface area contributed by atoms with Gasteiger partial charge in [0.25, 0.3) is 6.43 Å². The first-order valence-electron chi connectivity index (χ1n) is 4.39. The lowest BCUT2D eigenvalue weighted by Crippen LogP contribution is -2.08. The Kier molecular flexibility index (Phi) is 3.77. The van der Waals surface area contributed by atoms with Crippen LogP contribution in [0.4, 0.5) is 8.78 Å². The third-order valence-electron chi connectivity index (χ3n) is 2.04. The van der Waals surface area contributed by atoms with Crippen LogP contribution in [0, 0.1) is 0 Å². The van der Waals surface area contributed by atoms with E-state index in [1.165, 1.54) is 12.1 Å². The summed E-state index contributed by atoms with van der Waals surface area (Å²) in [4.78, 5) is 0. The van der Waals surface area contributed by atoms with Crippen LogP contribution in [0.1, 0.15) is 30.0 Å². The summed E-state index contributed by atoms with van der Waals surface area (Å²) in [6.45, 7) is 3.57. The largest absolute Gasteiger partial charge is 0.324 e. The smallest absolute Gasteiger partial charge is 0.263 e. The Hall–Kier alpha value is -1.22. The number of nitrogens with two attached hydrogens (primary N) is 1. The fourth-order valence-electron chi connectivity index (χ4n) is 1.20. The summed E-state index contributed by atoms with van der Waals surface area (Å²) in [5, 5.41) is 0. The highest BCUT2D eigenvalue weighted by Crippen LogP contribution is 2.21. The second kappa shape index (κ2) is 4.86. The molecular weight excluding hydrogens is 184 g/mol. The second-order valence-electron chi connectivity index (χ2n) is 3.10. The highest BCUT2D eigenvalue weighted by molar-refractivity contribution is 5.25. The Morgan fingerprint density at radius 2 is 1.71 bits per heavy atom. The predicted octanol–water partition coefficient (Wildman–Crippen LogP) is 3.20. The van der Waals surface area contributed by atoms with Crippen LogP contribution in [0.3, 0.4) is 0 Å². The van der Waals surface area contributed by atoms with E-state index in [0.29, 0.717) is 6.42 Å². The molecule has 0 aromatic heterocycles. The van der Waals surface area contributed by atoms with Crippen LogP contribution in [-0.2, 0) is 0 Å². The normalized spacial score (nSPS) is 12.9. The molecule has 76 valence electrons. The van der Waals surface area contributed by atoms with E-state index in [1.54, 1.807) is 18.2 Å². The van der Waals surface area contributed by atoms with Crippen molar-refractivity contribution in [3.05, 3.63) is 48.0 Å². The maximum Gasteiger partial charge on any atom is 0.263 e. The molecule has 1 unspecified atom stereocenters. The van der Waals surface area contributed by atoms with Crippen molar-refractivity contribution in [1.82, 2.24) is 0 Å². The molecular formula is C11H13F2N. The molecule has 2 N–H and O–H groups in total. The van der Waals surface area contributed by atoms with E-state index in [4.69, 9.17) is 5.73 Å². The van der Waals surface area contributed by atoms with Crippen molar-refractivity contribution in [3.8, 4) is 0 Å². The van der Waals surface area contributed by atoms with E-state index in [-0.39, 0.29) is 11.6 Å². The van der Waals surface area contributed by atoms with Gasteiger partial charge in [-0.1, -0.05) is 30.3 Å². The Morgan fingerprint density at radius 1 is 1.21 bits per heavy atom. The van der Waals surface area contributed by atoms with E-state index >= 15 is 0 Å². The van der Waals surface area contributed by atoms with Crippen LogP contribution in [0.2, 0.25) is 0 Å². The van der Waals surface area contributed by atoms with Gasteiger partial charge in [-0.3, -0.25) is 0 Å². The maximum atomic E-state index is 12.2. The minimum absolute atomic E-state index is 0.0274. The van der Waals surface area contributed by atoms with Gasteiger partial charge in [0.2, 0.25) is 0 Å². The van der Waals surface area contributed by atoms with Crippen molar-refractivity contribution in [2.75, 3.05) is 0 Å². The average Bonchev–Trinajstić information content (AvgIpc) is 2.18. The van der Waals surface area contributed by atoms with Gasteiger partial charge < -0.3 is 5.73 Å². The molecule has 1 nitrogen and oxygen atoms in total. The SMILES string of the molecule is C=CCC(N)c1ccc(C(F)F)cc1. The van der Waals surface area contributed by atoms with Crippen molar-refractivity contribution in [1.29, 1.82) is 0 Å². The molecule has 0 saturated heterocycles. The van der Waals surface area contributed by atoms with Crippen LogP contribution < -0.4 is 5.73 Å². The standard InChI is InChI=1S/C11H13F2N/c1-2-3-10(14)8-4-6-9(7-5-8)11(12)13/h2,4-7,10-11H,1,3,14H2. The van der Waals surface area contributed by atoms with Gasteiger partial charge >= 0.3 is 0 Å². The lowest BCUT2D eigenvalue weighted by molar-refractivity contribution is 0.151. The zero-order chi connectivity index (χ0) is 10.6. The Balaban J connectivity index is 2.77. The van der Waals surface area contributed by atoms with Gasteiger partial charge in [0.1, 0.15) is 0 Å². The van der Waals surface area contributed by atoms with Crippen molar-refractivity contribution in [2.24, 2.45) is 5.73 Å². The molecule has 0 amide bonds. The maximum absolute atomic E-state index is 12.2. The first-order chi connectivity index (χ1) is 6.65. The molecule has 0 aliphatic carbocycles. The molecule has 14 heavy (non-hydrogen) atoms. The van der Waals surface area contributed by atoms with Crippen LogP contribution in [0.25, 0.3) is 0 Å². The number of halogens is 2. The lowest BCUT2D eigenvalue weighted by Gasteiger charge is -2.09. The number of hydrogen-bond acceptors (Lipinski definition) is 1. The van der Waals surface area contributed by atoms with Crippen LogP contribution >= 0.6 is 0 Å². The second-order valence-corrected chi connectivity index (χ2v) is 3.10. The lowest BCUT2D eigenvalue weighted by atomic mass is 10.0. The van der Waals surface area contributed by atoms with Crippen molar-refractivity contribution >= 4 is 0 Å². The first-order valence-corrected chi connectivity index (χ1v) is 4.39. The topological polar surface area (TPSA) is 26.0 Å². The van der Waals surface area contributed by atoms with Crippen LogP contribution in [0.15, 0.2) is 36.9 Å². The molecule has 1 atom stereocenters. The Morgan fingerprint density at radius 3 is 2.14 bits per heavy atom. The van der Waals surface area contributed by atoms with Gasteiger partial charge in [0, 0.05) is 11.6 Å². The predicted molar refractivity (Wildman–Crippen MR) is 53.1 cm³/mol. The third kappa shape index (κ3) is 2.64. The summed E-state index contributed by atoms with van der Waals surface area (Å²) in [6.07, 6.45) is -0.0561. The molecule has 3 heteroatoms. The molecule has 0 heterocycles. The van der Waals surface area contributed by atoms with Gasteiger partial charge in [-0.15, -0.1) is 6.58 Å². The molecule has 0 bridgehead atoms. The van der Waals surface area contributed by atoms with E-state index in [9.17, 15) is 8.78 Å². The van der Waals surface area contributed by atoms with Crippen molar-refractivity contribution in [2.45, 2.75) is 18.9 Å². The van der Waals surface area contributed by atoms with Gasteiger partial charge in [0.05, 0.1) is 0 Å². The molecule has 1 rings (SSSR count). The molecule has 0 fully saturated rings. The zero-order valence-corrected chi connectivity index (χ0v) is 7.79. The first kappa shape index (κ1) is 10.9. The molecule has 0 aliphatic rings. The molecule has 1 aromatic rings. The monoisotopic (exact) mass is 197 g/mol. The number of rotatable bonds is 4. The summed E-state index contributed by atoms with van der Waals surface area (Å²) in [5.74, 6) is 0. The summed E-state index contributed by atoms with van der Waals surface area (Å²) in [6, 6.07) is 5.93. The minimum atomic E-state index is -2.42. The molecule has 0 spiro atoms. The fraction of sp³-hybridized carbons (Fsp3) is 0.273. The van der Waals surface area contributed by atoms with Gasteiger partial charge in [-0.05, 0) is 12.0 Å². The quantitative estimate of drug-likeness (QED) is 0.737. The highest BCUT2D eigenvalue weighted by Gasteiger charge is 2.08. The van der Waals surface area contributed by atoms with Crippen LogP contribution in [0.5, 0.6) is 0 Å². The Labute approximate surface area is 82.2 Å². The van der Waals surface area contributed by atoms with E-state index in [0.717, 1.165) is 5.56 Å². The molecule has 0 radical (unpaired) electrons. The summed E-state index contributed by atoms with van der Waals surface area (Å²) in [5.41, 5.74) is 6.66. The number of alkyl halides is 2. The molecule has 0 aliphatic heterocycles.